The van der Waals surface area contributed by atoms with Crippen LogP contribution in [0.15, 0.2) is 18.2 Å². The topological polar surface area (TPSA) is 27.7 Å². The molecule has 2 rings (SSSR count). The van der Waals surface area contributed by atoms with Gasteiger partial charge in [-0.15, -0.1) is 0 Å². The minimum atomic E-state index is -0.593. The van der Waals surface area contributed by atoms with Gasteiger partial charge in [-0.3, -0.25) is 0 Å². The monoisotopic (exact) mass is 198 g/mol. The lowest BCUT2D eigenvalue weighted by Gasteiger charge is -2.11. The lowest BCUT2D eigenvalue weighted by molar-refractivity contribution is -0.0465. The third kappa shape index (κ3) is 1.71. The molecule has 14 heavy (non-hydrogen) atoms. The Morgan fingerprint density at radius 3 is 2.71 bits per heavy atom. The van der Waals surface area contributed by atoms with E-state index in [4.69, 9.17) is 14.2 Å². The van der Waals surface area contributed by atoms with Gasteiger partial charge in [0.25, 0.3) is 0 Å². The SMILES string of the molecule is COc1ccc(F)c(C2OCCO2)c1. The molecule has 0 N–H and O–H groups in total. The second-order valence-corrected chi connectivity index (χ2v) is 2.96. The molecule has 1 aromatic carbocycles. The smallest absolute Gasteiger partial charge is 0.186 e. The van der Waals surface area contributed by atoms with E-state index in [1.807, 2.05) is 0 Å². The second kappa shape index (κ2) is 3.94. The summed E-state index contributed by atoms with van der Waals surface area (Å²) >= 11 is 0. The van der Waals surface area contributed by atoms with Gasteiger partial charge in [-0.05, 0) is 18.2 Å². The minimum absolute atomic E-state index is 0.335. The highest BCUT2D eigenvalue weighted by Gasteiger charge is 2.22. The van der Waals surface area contributed by atoms with Crippen molar-refractivity contribution < 1.29 is 18.6 Å². The Labute approximate surface area is 81.4 Å². The summed E-state index contributed by atoms with van der Waals surface area (Å²) in [6.45, 7) is 1.00. The molecule has 0 saturated carbocycles. The molecule has 1 fully saturated rings. The average Bonchev–Trinajstić information content (AvgIpc) is 2.71. The second-order valence-electron chi connectivity index (χ2n) is 2.96. The van der Waals surface area contributed by atoms with Gasteiger partial charge in [-0.2, -0.15) is 0 Å². The minimum Gasteiger partial charge on any atom is -0.497 e. The predicted molar refractivity (Wildman–Crippen MR) is 47.6 cm³/mol. The normalized spacial score (nSPS) is 17.3. The van der Waals surface area contributed by atoms with Gasteiger partial charge in [0.2, 0.25) is 0 Å². The molecule has 1 aliphatic rings. The van der Waals surface area contributed by atoms with Crippen LogP contribution >= 0.6 is 0 Å². The number of hydrogen-bond acceptors (Lipinski definition) is 3. The van der Waals surface area contributed by atoms with Crippen LogP contribution in [0.1, 0.15) is 11.9 Å². The largest absolute Gasteiger partial charge is 0.497 e. The number of halogens is 1. The van der Waals surface area contributed by atoms with Crippen LogP contribution in [0, 0.1) is 5.82 Å². The molecule has 0 spiro atoms. The van der Waals surface area contributed by atoms with Crippen molar-refractivity contribution in [3.05, 3.63) is 29.6 Å². The van der Waals surface area contributed by atoms with Crippen molar-refractivity contribution in [1.29, 1.82) is 0 Å². The van der Waals surface area contributed by atoms with E-state index in [-0.39, 0.29) is 5.82 Å². The first-order chi connectivity index (χ1) is 6.81. The van der Waals surface area contributed by atoms with Crippen molar-refractivity contribution >= 4 is 0 Å². The highest BCUT2D eigenvalue weighted by atomic mass is 19.1. The highest BCUT2D eigenvalue weighted by Crippen LogP contribution is 2.28. The Morgan fingerprint density at radius 2 is 2.07 bits per heavy atom. The number of benzene rings is 1. The summed E-state index contributed by atoms with van der Waals surface area (Å²) in [4.78, 5) is 0. The summed E-state index contributed by atoms with van der Waals surface area (Å²) in [5.74, 6) is 0.262. The molecule has 0 aliphatic carbocycles. The molecule has 0 atom stereocenters. The highest BCUT2D eigenvalue weighted by molar-refractivity contribution is 5.30. The van der Waals surface area contributed by atoms with E-state index < -0.39 is 6.29 Å². The molecule has 3 nitrogen and oxygen atoms in total. The number of rotatable bonds is 2. The Morgan fingerprint density at radius 1 is 1.36 bits per heavy atom. The maximum absolute atomic E-state index is 13.3. The summed E-state index contributed by atoms with van der Waals surface area (Å²) in [6.07, 6.45) is -0.593. The standard InChI is InChI=1S/C10H11FO3/c1-12-7-2-3-9(11)8(6-7)10-13-4-5-14-10/h2-3,6,10H,4-5H2,1H3. The lowest BCUT2D eigenvalue weighted by Crippen LogP contribution is -2.01. The van der Waals surface area contributed by atoms with E-state index in [9.17, 15) is 4.39 Å². The maximum atomic E-state index is 13.3. The Kier molecular flexibility index (Phi) is 2.65. The molecule has 76 valence electrons. The lowest BCUT2D eigenvalue weighted by atomic mass is 10.2. The molecule has 0 bridgehead atoms. The summed E-state index contributed by atoms with van der Waals surface area (Å²) in [5, 5.41) is 0. The fourth-order valence-electron chi connectivity index (χ4n) is 1.37. The van der Waals surface area contributed by atoms with Crippen LogP contribution < -0.4 is 4.74 Å². The molecule has 1 heterocycles. The van der Waals surface area contributed by atoms with Crippen molar-refractivity contribution in [3.8, 4) is 5.75 Å². The van der Waals surface area contributed by atoms with Crippen molar-refractivity contribution in [2.24, 2.45) is 0 Å². The molecule has 1 aliphatic heterocycles. The van der Waals surface area contributed by atoms with E-state index in [1.54, 1.807) is 12.1 Å². The van der Waals surface area contributed by atoms with Crippen LogP contribution in [0.25, 0.3) is 0 Å². The first kappa shape index (κ1) is 9.43. The molecule has 0 radical (unpaired) electrons. The first-order valence-corrected chi connectivity index (χ1v) is 4.38. The molecule has 0 aromatic heterocycles. The molecular formula is C10H11FO3. The quantitative estimate of drug-likeness (QED) is 0.726. The fraction of sp³-hybridized carbons (Fsp3) is 0.400. The van der Waals surface area contributed by atoms with Gasteiger partial charge >= 0.3 is 0 Å². The van der Waals surface area contributed by atoms with Crippen molar-refractivity contribution in [3.63, 3.8) is 0 Å². The summed E-state index contributed by atoms with van der Waals surface area (Å²) in [5.41, 5.74) is 0.391. The van der Waals surface area contributed by atoms with Gasteiger partial charge in [0.15, 0.2) is 6.29 Å². The van der Waals surface area contributed by atoms with Crippen molar-refractivity contribution in [2.45, 2.75) is 6.29 Å². The summed E-state index contributed by atoms with van der Waals surface area (Å²) in [7, 11) is 1.54. The van der Waals surface area contributed by atoms with Gasteiger partial charge in [-0.25, -0.2) is 4.39 Å². The van der Waals surface area contributed by atoms with Gasteiger partial charge in [0.1, 0.15) is 11.6 Å². The molecule has 0 amide bonds. The number of methoxy groups -OCH3 is 1. The van der Waals surface area contributed by atoms with Crippen molar-refractivity contribution in [2.75, 3.05) is 20.3 Å². The van der Waals surface area contributed by atoms with E-state index in [2.05, 4.69) is 0 Å². The van der Waals surface area contributed by atoms with Crippen molar-refractivity contribution in [1.82, 2.24) is 0 Å². The zero-order valence-corrected chi connectivity index (χ0v) is 7.83. The zero-order valence-electron chi connectivity index (χ0n) is 7.83. The Bertz CT molecular complexity index is 321. The van der Waals surface area contributed by atoms with E-state index in [1.165, 1.54) is 13.2 Å². The maximum Gasteiger partial charge on any atom is 0.186 e. The Hall–Kier alpha value is -1.13. The summed E-state index contributed by atoms with van der Waals surface area (Å²) in [6, 6.07) is 4.50. The summed E-state index contributed by atoms with van der Waals surface area (Å²) < 4.78 is 28.7. The van der Waals surface area contributed by atoms with Gasteiger partial charge in [0.05, 0.1) is 20.3 Å². The van der Waals surface area contributed by atoms with Crippen LogP contribution in [-0.4, -0.2) is 20.3 Å². The van der Waals surface area contributed by atoms with Crippen LogP contribution in [0.5, 0.6) is 5.75 Å². The van der Waals surface area contributed by atoms with Crippen LogP contribution in [0.4, 0.5) is 4.39 Å². The van der Waals surface area contributed by atoms with Gasteiger partial charge in [0, 0.05) is 5.56 Å². The predicted octanol–water partition coefficient (Wildman–Crippen LogP) is 1.88. The third-order valence-corrected chi connectivity index (χ3v) is 2.08. The fourth-order valence-corrected chi connectivity index (χ4v) is 1.37. The van der Waals surface area contributed by atoms with Crippen LogP contribution in [0.2, 0.25) is 0 Å². The molecule has 4 heteroatoms. The Balaban J connectivity index is 2.29. The van der Waals surface area contributed by atoms with Gasteiger partial charge in [-0.1, -0.05) is 0 Å². The number of hydrogen-bond donors (Lipinski definition) is 0. The van der Waals surface area contributed by atoms with E-state index in [0.717, 1.165) is 0 Å². The molecule has 1 saturated heterocycles. The third-order valence-electron chi connectivity index (χ3n) is 2.08. The molecular weight excluding hydrogens is 187 g/mol. The zero-order chi connectivity index (χ0) is 9.97. The molecule has 1 aromatic rings. The van der Waals surface area contributed by atoms with E-state index in [0.29, 0.717) is 24.5 Å². The van der Waals surface area contributed by atoms with Crippen LogP contribution in [0.3, 0.4) is 0 Å². The molecule has 0 unspecified atom stereocenters. The first-order valence-electron chi connectivity index (χ1n) is 4.38. The van der Waals surface area contributed by atoms with Crippen LogP contribution in [-0.2, 0) is 9.47 Å². The van der Waals surface area contributed by atoms with Gasteiger partial charge < -0.3 is 14.2 Å². The average molecular weight is 198 g/mol. The number of ether oxygens (including phenoxy) is 3. The van der Waals surface area contributed by atoms with E-state index >= 15 is 0 Å².